The van der Waals surface area contributed by atoms with Gasteiger partial charge in [-0.2, -0.15) is 0 Å². The number of anilines is 1. The quantitative estimate of drug-likeness (QED) is 0.863. The molecule has 2 heterocycles. The number of hydrazine groups is 1. The van der Waals surface area contributed by atoms with Crippen molar-refractivity contribution in [2.75, 3.05) is 24.6 Å². The van der Waals surface area contributed by atoms with Crippen molar-refractivity contribution in [3.63, 3.8) is 0 Å². The van der Waals surface area contributed by atoms with Gasteiger partial charge in [-0.1, -0.05) is 18.2 Å². The van der Waals surface area contributed by atoms with E-state index in [2.05, 4.69) is 34.3 Å². The third-order valence-corrected chi connectivity index (χ3v) is 3.94. The topological polar surface area (TPSA) is 43.8 Å². The van der Waals surface area contributed by atoms with Crippen molar-refractivity contribution >= 4 is 11.7 Å². The lowest BCUT2D eigenvalue weighted by Gasteiger charge is -2.38. The normalized spacial score (nSPS) is 24.0. The van der Waals surface area contributed by atoms with E-state index in [4.69, 9.17) is 5.11 Å². The number of hydrogen-bond donors (Lipinski definition) is 1. The Kier molecular flexibility index (Phi) is 2.96. The molecule has 1 aromatic rings. The molecule has 0 radical (unpaired) electrons. The van der Waals surface area contributed by atoms with Crippen LogP contribution in [0.4, 0.5) is 5.69 Å². The monoisotopic (exact) mass is 246 g/mol. The molecule has 1 saturated heterocycles. The Bertz CT molecular complexity index is 461. The van der Waals surface area contributed by atoms with Gasteiger partial charge >= 0.3 is 5.97 Å². The minimum atomic E-state index is -0.664. The summed E-state index contributed by atoms with van der Waals surface area (Å²) < 4.78 is 0. The molecule has 1 N–H and O–H groups in total. The molecule has 0 aromatic heterocycles. The van der Waals surface area contributed by atoms with Crippen molar-refractivity contribution in [1.29, 1.82) is 0 Å². The number of nitrogens with zero attached hydrogens (tertiary/aromatic N) is 2. The third kappa shape index (κ3) is 1.97. The van der Waals surface area contributed by atoms with Crippen LogP contribution in [0.2, 0.25) is 0 Å². The molecule has 4 nitrogen and oxygen atoms in total. The Labute approximate surface area is 107 Å². The molecule has 0 amide bonds. The van der Waals surface area contributed by atoms with Crippen molar-refractivity contribution < 1.29 is 9.90 Å². The van der Waals surface area contributed by atoms with Crippen LogP contribution in [0.1, 0.15) is 18.4 Å². The number of rotatable bonds is 2. The first-order valence-electron chi connectivity index (χ1n) is 6.59. The average Bonchev–Trinajstić information content (AvgIpc) is 2.87. The fourth-order valence-corrected chi connectivity index (χ4v) is 2.97. The molecule has 1 aromatic carbocycles. The Morgan fingerprint density at radius 1 is 1.28 bits per heavy atom. The lowest BCUT2D eigenvalue weighted by molar-refractivity contribution is -0.141. The molecule has 0 bridgehead atoms. The number of fused-ring (bicyclic) bond motifs is 1. The summed E-state index contributed by atoms with van der Waals surface area (Å²) in [5, 5.41) is 13.6. The molecule has 1 fully saturated rings. The highest BCUT2D eigenvalue weighted by Gasteiger charge is 2.32. The summed E-state index contributed by atoms with van der Waals surface area (Å²) in [7, 11) is 0. The van der Waals surface area contributed by atoms with E-state index in [9.17, 15) is 4.79 Å². The molecule has 2 aliphatic rings. The zero-order valence-corrected chi connectivity index (χ0v) is 10.4. The number of carboxylic acid groups (broad SMARTS) is 1. The summed E-state index contributed by atoms with van der Waals surface area (Å²) in [6, 6.07) is 8.45. The molecule has 3 rings (SSSR count). The van der Waals surface area contributed by atoms with Crippen LogP contribution in [0.3, 0.4) is 0 Å². The lowest BCUT2D eigenvalue weighted by Crippen LogP contribution is -2.44. The largest absolute Gasteiger partial charge is 0.481 e. The summed E-state index contributed by atoms with van der Waals surface area (Å²) in [6.07, 6.45) is 3.03. The summed E-state index contributed by atoms with van der Waals surface area (Å²) in [4.78, 5) is 11.0. The van der Waals surface area contributed by atoms with E-state index in [1.807, 2.05) is 0 Å². The number of aryl methyl sites for hydroxylation is 1. The molecule has 4 heteroatoms. The maximum absolute atomic E-state index is 11.0. The van der Waals surface area contributed by atoms with E-state index in [-0.39, 0.29) is 5.92 Å². The van der Waals surface area contributed by atoms with Crippen LogP contribution >= 0.6 is 0 Å². The second kappa shape index (κ2) is 4.61. The molecular weight excluding hydrogens is 228 g/mol. The fourth-order valence-electron chi connectivity index (χ4n) is 2.97. The highest BCUT2D eigenvalue weighted by Crippen LogP contribution is 2.30. The first kappa shape index (κ1) is 11.5. The van der Waals surface area contributed by atoms with E-state index in [1.54, 1.807) is 0 Å². The minimum absolute atomic E-state index is 0.209. The molecule has 0 aliphatic carbocycles. The van der Waals surface area contributed by atoms with Gasteiger partial charge in [-0.25, -0.2) is 5.01 Å². The number of aliphatic carboxylic acids is 1. The van der Waals surface area contributed by atoms with Crippen LogP contribution in [0.5, 0.6) is 0 Å². The maximum Gasteiger partial charge on any atom is 0.307 e. The van der Waals surface area contributed by atoms with Crippen molar-refractivity contribution in [2.24, 2.45) is 5.92 Å². The predicted molar refractivity (Wildman–Crippen MR) is 69.4 cm³/mol. The standard InChI is InChI=1S/C14H18N2O2/c17-14(18)12-7-9-15(10-12)16-8-3-5-11-4-1-2-6-13(11)16/h1-2,4,6,12H,3,5,7-10H2,(H,17,18). The summed E-state index contributed by atoms with van der Waals surface area (Å²) in [5.41, 5.74) is 2.64. The second-order valence-electron chi connectivity index (χ2n) is 5.09. The van der Waals surface area contributed by atoms with Crippen LogP contribution in [0, 0.1) is 5.92 Å². The number of benzene rings is 1. The molecular formula is C14H18N2O2. The van der Waals surface area contributed by atoms with Crippen molar-refractivity contribution in [3.8, 4) is 0 Å². The van der Waals surface area contributed by atoms with Gasteiger partial charge in [-0.3, -0.25) is 4.79 Å². The van der Waals surface area contributed by atoms with Crippen molar-refractivity contribution in [3.05, 3.63) is 29.8 Å². The van der Waals surface area contributed by atoms with E-state index in [1.165, 1.54) is 11.3 Å². The number of hydrogen-bond acceptors (Lipinski definition) is 3. The molecule has 1 atom stereocenters. The molecule has 2 aliphatic heterocycles. The van der Waals surface area contributed by atoms with Crippen LogP contribution in [0.25, 0.3) is 0 Å². The van der Waals surface area contributed by atoms with Gasteiger partial charge < -0.3 is 10.1 Å². The van der Waals surface area contributed by atoms with Crippen LogP contribution in [-0.4, -0.2) is 35.7 Å². The molecule has 1 unspecified atom stereocenters. The SMILES string of the molecule is O=C(O)C1CCN(N2CCCc3ccccc32)C1. The average molecular weight is 246 g/mol. The molecule has 96 valence electrons. The number of para-hydroxylation sites is 1. The van der Waals surface area contributed by atoms with Gasteiger partial charge in [0.05, 0.1) is 11.6 Å². The van der Waals surface area contributed by atoms with E-state index < -0.39 is 5.97 Å². The maximum atomic E-state index is 11.0. The summed E-state index contributed by atoms with van der Waals surface area (Å²) in [6.45, 7) is 2.50. The van der Waals surface area contributed by atoms with Gasteiger partial charge in [-0.15, -0.1) is 0 Å². The lowest BCUT2D eigenvalue weighted by atomic mass is 10.0. The van der Waals surface area contributed by atoms with Crippen LogP contribution < -0.4 is 5.01 Å². The minimum Gasteiger partial charge on any atom is -0.481 e. The van der Waals surface area contributed by atoms with Crippen molar-refractivity contribution in [2.45, 2.75) is 19.3 Å². The van der Waals surface area contributed by atoms with Gasteiger partial charge in [0, 0.05) is 19.6 Å². The number of carbonyl (C=O) groups is 1. The third-order valence-electron chi connectivity index (χ3n) is 3.94. The first-order valence-corrected chi connectivity index (χ1v) is 6.59. The Morgan fingerprint density at radius 2 is 2.11 bits per heavy atom. The van der Waals surface area contributed by atoms with Crippen LogP contribution in [-0.2, 0) is 11.2 Å². The Balaban J connectivity index is 1.80. The zero-order valence-electron chi connectivity index (χ0n) is 10.4. The summed E-state index contributed by atoms with van der Waals surface area (Å²) in [5.74, 6) is -0.873. The van der Waals surface area contributed by atoms with Gasteiger partial charge in [0.15, 0.2) is 0 Å². The second-order valence-corrected chi connectivity index (χ2v) is 5.09. The van der Waals surface area contributed by atoms with Gasteiger partial charge in [0.25, 0.3) is 0 Å². The van der Waals surface area contributed by atoms with Crippen molar-refractivity contribution in [1.82, 2.24) is 5.01 Å². The van der Waals surface area contributed by atoms with Crippen LogP contribution in [0.15, 0.2) is 24.3 Å². The highest BCUT2D eigenvalue weighted by atomic mass is 16.4. The van der Waals surface area contributed by atoms with E-state index in [0.29, 0.717) is 6.54 Å². The first-order chi connectivity index (χ1) is 8.75. The molecule has 0 spiro atoms. The Hall–Kier alpha value is -1.55. The molecule has 18 heavy (non-hydrogen) atoms. The smallest absolute Gasteiger partial charge is 0.307 e. The van der Waals surface area contributed by atoms with Gasteiger partial charge in [-0.05, 0) is 30.9 Å². The summed E-state index contributed by atoms with van der Waals surface area (Å²) >= 11 is 0. The number of carboxylic acids is 1. The zero-order chi connectivity index (χ0) is 12.5. The highest BCUT2D eigenvalue weighted by molar-refractivity contribution is 5.70. The Morgan fingerprint density at radius 3 is 2.89 bits per heavy atom. The van der Waals surface area contributed by atoms with Gasteiger partial charge in [0.1, 0.15) is 0 Å². The van der Waals surface area contributed by atoms with E-state index in [0.717, 1.165) is 32.4 Å². The predicted octanol–water partition coefficient (Wildman–Crippen LogP) is 1.76. The van der Waals surface area contributed by atoms with Gasteiger partial charge in [0.2, 0.25) is 0 Å². The fraction of sp³-hybridized carbons (Fsp3) is 0.500. The molecule has 0 saturated carbocycles. The van der Waals surface area contributed by atoms with E-state index >= 15 is 0 Å².